The Morgan fingerprint density at radius 2 is 2.00 bits per heavy atom. The monoisotopic (exact) mass is 215 g/mol. The van der Waals surface area contributed by atoms with Crippen molar-refractivity contribution in [1.82, 2.24) is 10.2 Å². The van der Waals surface area contributed by atoms with Gasteiger partial charge in [0.15, 0.2) is 0 Å². The maximum atomic E-state index is 11.7. The van der Waals surface area contributed by atoms with E-state index in [-0.39, 0.29) is 18.4 Å². The molecule has 0 aromatic rings. The average Bonchev–Trinajstić information content (AvgIpc) is 2.26. The highest BCUT2D eigenvalue weighted by molar-refractivity contribution is 5.87. The van der Waals surface area contributed by atoms with E-state index in [1.165, 1.54) is 4.90 Å². The molecule has 3 N–H and O–H groups in total. The molecule has 0 aliphatic heterocycles. The Morgan fingerprint density at radius 3 is 2.40 bits per heavy atom. The molecule has 15 heavy (non-hydrogen) atoms. The Labute approximate surface area is 91.0 Å². The molecule has 1 unspecified atom stereocenters. The highest BCUT2D eigenvalue weighted by Crippen LogP contribution is 1.98. The molecule has 0 saturated carbocycles. The zero-order valence-corrected chi connectivity index (χ0v) is 9.75. The molecule has 0 radical (unpaired) electrons. The summed E-state index contributed by atoms with van der Waals surface area (Å²) in [7, 11) is 1.55. The molecule has 1 atom stereocenters. The second-order valence-electron chi connectivity index (χ2n) is 3.45. The van der Waals surface area contributed by atoms with E-state index in [1.54, 1.807) is 7.05 Å². The van der Waals surface area contributed by atoms with Crippen LogP contribution in [0.5, 0.6) is 0 Å². The van der Waals surface area contributed by atoms with E-state index in [2.05, 4.69) is 5.32 Å². The minimum atomic E-state index is -0.499. The normalized spacial score (nSPS) is 12.0. The highest BCUT2D eigenvalue weighted by atomic mass is 16.2. The largest absolute Gasteiger partial charge is 0.358 e. The second kappa shape index (κ2) is 7.23. The molecule has 0 aromatic heterocycles. The third-order valence-electron chi connectivity index (χ3n) is 2.18. The van der Waals surface area contributed by atoms with Gasteiger partial charge in [-0.2, -0.15) is 0 Å². The van der Waals surface area contributed by atoms with Crippen LogP contribution in [0.1, 0.15) is 26.7 Å². The van der Waals surface area contributed by atoms with Crippen LogP contribution in [-0.4, -0.2) is 42.9 Å². The standard InChI is InChI=1S/C10H21N3O2/c1-4-6-13(7-9(14)12-3)10(15)8(11)5-2/h8H,4-7,11H2,1-3H3,(H,12,14). The maximum absolute atomic E-state index is 11.7. The summed E-state index contributed by atoms with van der Waals surface area (Å²) >= 11 is 0. The van der Waals surface area contributed by atoms with Crippen LogP contribution in [0.2, 0.25) is 0 Å². The van der Waals surface area contributed by atoms with Gasteiger partial charge in [-0.15, -0.1) is 0 Å². The summed E-state index contributed by atoms with van der Waals surface area (Å²) in [6.07, 6.45) is 1.41. The molecular formula is C10H21N3O2. The molecule has 0 rings (SSSR count). The van der Waals surface area contributed by atoms with E-state index in [9.17, 15) is 9.59 Å². The van der Waals surface area contributed by atoms with Crippen LogP contribution in [0.25, 0.3) is 0 Å². The first-order valence-electron chi connectivity index (χ1n) is 5.31. The van der Waals surface area contributed by atoms with Crippen LogP contribution >= 0.6 is 0 Å². The van der Waals surface area contributed by atoms with Gasteiger partial charge in [0.25, 0.3) is 0 Å². The van der Waals surface area contributed by atoms with E-state index in [1.807, 2.05) is 13.8 Å². The van der Waals surface area contributed by atoms with Crippen molar-refractivity contribution in [2.75, 3.05) is 20.1 Å². The lowest BCUT2D eigenvalue weighted by molar-refractivity contribution is -0.137. The van der Waals surface area contributed by atoms with Crippen LogP contribution in [0, 0.1) is 0 Å². The van der Waals surface area contributed by atoms with E-state index in [4.69, 9.17) is 5.73 Å². The van der Waals surface area contributed by atoms with Gasteiger partial charge in [0.2, 0.25) is 11.8 Å². The average molecular weight is 215 g/mol. The van der Waals surface area contributed by atoms with Gasteiger partial charge in [-0.3, -0.25) is 9.59 Å². The molecule has 0 heterocycles. The Morgan fingerprint density at radius 1 is 1.40 bits per heavy atom. The second-order valence-corrected chi connectivity index (χ2v) is 3.45. The first-order valence-corrected chi connectivity index (χ1v) is 5.31. The van der Waals surface area contributed by atoms with Gasteiger partial charge >= 0.3 is 0 Å². The lowest BCUT2D eigenvalue weighted by atomic mass is 10.2. The summed E-state index contributed by atoms with van der Waals surface area (Å²) in [5.74, 6) is -0.317. The smallest absolute Gasteiger partial charge is 0.239 e. The van der Waals surface area contributed by atoms with E-state index in [0.29, 0.717) is 13.0 Å². The minimum Gasteiger partial charge on any atom is -0.358 e. The van der Waals surface area contributed by atoms with Gasteiger partial charge in [0.1, 0.15) is 0 Å². The van der Waals surface area contributed by atoms with Gasteiger partial charge in [0, 0.05) is 13.6 Å². The lowest BCUT2D eigenvalue weighted by Gasteiger charge is -2.23. The Balaban J connectivity index is 4.37. The molecule has 5 heteroatoms. The number of likely N-dealkylation sites (N-methyl/N-ethyl adjacent to an activating group) is 1. The van der Waals surface area contributed by atoms with E-state index >= 15 is 0 Å². The fourth-order valence-corrected chi connectivity index (χ4v) is 1.20. The van der Waals surface area contributed by atoms with Crippen LogP contribution < -0.4 is 11.1 Å². The molecule has 5 nitrogen and oxygen atoms in total. The predicted octanol–water partition coefficient (Wildman–Crippen LogP) is -0.292. The number of nitrogens with one attached hydrogen (secondary N) is 1. The van der Waals surface area contributed by atoms with Crippen LogP contribution in [0.4, 0.5) is 0 Å². The van der Waals surface area contributed by atoms with E-state index < -0.39 is 6.04 Å². The van der Waals surface area contributed by atoms with Crippen LogP contribution in [0.15, 0.2) is 0 Å². The number of carbonyl (C=O) groups excluding carboxylic acids is 2. The first kappa shape index (κ1) is 13.9. The SMILES string of the molecule is CCCN(CC(=O)NC)C(=O)C(N)CC. The lowest BCUT2D eigenvalue weighted by Crippen LogP contribution is -2.47. The van der Waals surface area contributed by atoms with Gasteiger partial charge < -0.3 is 16.0 Å². The van der Waals surface area contributed by atoms with Crippen molar-refractivity contribution in [1.29, 1.82) is 0 Å². The quantitative estimate of drug-likeness (QED) is 0.639. The predicted molar refractivity (Wildman–Crippen MR) is 59.2 cm³/mol. The zero-order chi connectivity index (χ0) is 11.8. The Bertz CT molecular complexity index is 219. The van der Waals surface area contributed by atoms with Crippen molar-refractivity contribution in [2.24, 2.45) is 5.73 Å². The summed E-state index contributed by atoms with van der Waals surface area (Å²) in [5, 5.41) is 2.49. The summed E-state index contributed by atoms with van der Waals surface area (Å²) in [6, 6.07) is -0.499. The van der Waals surface area contributed by atoms with Gasteiger partial charge in [-0.05, 0) is 12.8 Å². The molecule has 0 fully saturated rings. The Kier molecular flexibility index (Phi) is 6.70. The number of nitrogens with two attached hydrogens (primary N) is 1. The number of nitrogens with zero attached hydrogens (tertiary/aromatic N) is 1. The summed E-state index contributed by atoms with van der Waals surface area (Å²) in [4.78, 5) is 24.4. The minimum absolute atomic E-state index is 0.0941. The molecule has 0 bridgehead atoms. The zero-order valence-electron chi connectivity index (χ0n) is 9.75. The van der Waals surface area contributed by atoms with Crippen LogP contribution in [0.3, 0.4) is 0 Å². The molecule has 0 saturated heterocycles. The maximum Gasteiger partial charge on any atom is 0.239 e. The van der Waals surface area contributed by atoms with Crippen molar-refractivity contribution >= 4 is 11.8 Å². The fraction of sp³-hybridized carbons (Fsp3) is 0.800. The number of rotatable bonds is 6. The third kappa shape index (κ3) is 4.78. The van der Waals surface area contributed by atoms with Crippen molar-refractivity contribution < 1.29 is 9.59 Å². The van der Waals surface area contributed by atoms with Gasteiger partial charge in [0.05, 0.1) is 12.6 Å². The molecule has 0 aliphatic rings. The first-order chi connectivity index (χ1) is 7.06. The number of amides is 2. The summed E-state index contributed by atoms with van der Waals surface area (Å²) in [6.45, 7) is 4.48. The van der Waals surface area contributed by atoms with Crippen molar-refractivity contribution in [2.45, 2.75) is 32.7 Å². The molecule has 0 aromatic carbocycles. The third-order valence-corrected chi connectivity index (χ3v) is 2.18. The Hall–Kier alpha value is -1.10. The molecular weight excluding hydrogens is 194 g/mol. The van der Waals surface area contributed by atoms with Crippen molar-refractivity contribution in [3.8, 4) is 0 Å². The summed E-state index contributed by atoms with van der Waals surface area (Å²) in [5.41, 5.74) is 5.64. The molecule has 0 aliphatic carbocycles. The van der Waals surface area contributed by atoms with Crippen LogP contribution in [-0.2, 0) is 9.59 Å². The van der Waals surface area contributed by atoms with Gasteiger partial charge in [-0.25, -0.2) is 0 Å². The summed E-state index contributed by atoms with van der Waals surface area (Å²) < 4.78 is 0. The topological polar surface area (TPSA) is 75.4 Å². The van der Waals surface area contributed by atoms with Crippen molar-refractivity contribution in [3.63, 3.8) is 0 Å². The number of carbonyl (C=O) groups is 2. The highest BCUT2D eigenvalue weighted by Gasteiger charge is 2.20. The van der Waals surface area contributed by atoms with Gasteiger partial charge in [-0.1, -0.05) is 13.8 Å². The number of hydrogen-bond donors (Lipinski definition) is 2. The molecule has 88 valence electrons. The number of hydrogen-bond acceptors (Lipinski definition) is 3. The molecule has 2 amide bonds. The molecule has 0 spiro atoms. The van der Waals surface area contributed by atoms with Crippen molar-refractivity contribution in [3.05, 3.63) is 0 Å². The van der Waals surface area contributed by atoms with E-state index in [0.717, 1.165) is 6.42 Å². The fourth-order valence-electron chi connectivity index (χ4n) is 1.20.